The Kier molecular flexibility index (Phi) is 4.79. The summed E-state index contributed by atoms with van der Waals surface area (Å²) in [4.78, 5) is 12.4. The lowest BCUT2D eigenvalue weighted by molar-refractivity contribution is -0.124. The van der Waals surface area contributed by atoms with Crippen LogP contribution in [0.3, 0.4) is 0 Å². The third kappa shape index (κ3) is 3.33. The number of nitrogens with one attached hydrogen (secondary N) is 1. The SMILES string of the molecule is NC(CC1CCCCC1)C(=O)N[C@H]1c2ccccc2C[C@@H]1O. The molecule has 2 aliphatic carbocycles. The molecule has 0 aliphatic heterocycles. The van der Waals surface area contributed by atoms with Crippen LogP contribution in [0.15, 0.2) is 24.3 Å². The summed E-state index contributed by atoms with van der Waals surface area (Å²) in [6.07, 6.45) is 7.01. The quantitative estimate of drug-likeness (QED) is 0.797. The topological polar surface area (TPSA) is 75.4 Å². The fraction of sp³-hybridized carbons (Fsp3) is 0.611. The molecule has 22 heavy (non-hydrogen) atoms. The van der Waals surface area contributed by atoms with Gasteiger partial charge in [-0.05, 0) is 23.5 Å². The number of fused-ring (bicyclic) bond motifs is 1. The van der Waals surface area contributed by atoms with Crippen LogP contribution in [-0.4, -0.2) is 23.2 Å². The average molecular weight is 302 g/mol. The number of nitrogens with two attached hydrogens (primary N) is 1. The van der Waals surface area contributed by atoms with Gasteiger partial charge in [-0.2, -0.15) is 0 Å². The van der Waals surface area contributed by atoms with Gasteiger partial charge in [0.25, 0.3) is 0 Å². The Labute approximate surface area is 132 Å². The molecule has 1 aromatic rings. The molecular weight excluding hydrogens is 276 g/mol. The van der Waals surface area contributed by atoms with Crippen LogP contribution in [0.25, 0.3) is 0 Å². The molecule has 0 radical (unpaired) electrons. The summed E-state index contributed by atoms with van der Waals surface area (Å²) in [5, 5.41) is 13.2. The van der Waals surface area contributed by atoms with Crippen LogP contribution < -0.4 is 11.1 Å². The van der Waals surface area contributed by atoms with Crippen molar-refractivity contribution in [3.05, 3.63) is 35.4 Å². The Balaban J connectivity index is 1.59. The Morgan fingerprint density at radius 3 is 2.77 bits per heavy atom. The van der Waals surface area contributed by atoms with E-state index in [9.17, 15) is 9.90 Å². The standard InChI is InChI=1S/C18H26N2O2/c19-15(10-12-6-2-1-3-7-12)18(22)20-17-14-9-5-4-8-13(14)11-16(17)21/h4-5,8-9,12,15-17,21H,1-3,6-7,10-11,19H2,(H,20,22)/t15?,16-,17-/m0/s1. The van der Waals surface area contributed by atoms with E-state index in [2.05, 4.69) is 5.32 Å². The van der Waals surface area contributed by atoms with Crippen LogP contribution in [0.4, 0.5) is 0 Å². The number of aliphatic hydroxyl groups is 1. The fourth-order valence-corrected chi connectivity index (χ4v) is 3.90. The van der Waals surface area contributed by atoms with Crippen LogP contribution in [0.5, 0.6) is 0 Å². The van der Waals surface area contributed by atoms with Gasteiger partial charge in [0.2, 0.25) is 5.91 Å². The van der Waals surface area contributed by atoms with Gasteiger partial charge in [0.05, 0.1) is 18.2 Å². The predicted octanol–water partition coefficient (Wildman–Crippen LogP) is 2.06. The number of carbonyl (C=O) groups excluding carboxylic acids is 1. The molecule has 3 rings (SSSR count). The van der Waals surface area contributed by atoms with Gasteiger partial charge in [0.1, 0.15) is 0 Å². The summed E-state index contributed by atoms with van der Waals surface area (Å²) >= 11 is 0. The first kappa shape index (κ1) is 15.5. The number of amides is 1. The van der Waals surface area contributed by atoms with Gasteiger partial charge in [0, 0.05) is 6.42 Å². The molecule has 0 aromatic heterocycles. The van der Waals surface area contributed by atoms with Gasteiger partial charge < -0.3 is 16.2 Å². The molecule has 0 spiro atoms. The number of aliphatic hydroxyl groups excluding tert-OH is 1. The van der Waals surface area contributed by atoms with Crippen molar-refractivity contribution in [3.63, 3.8) is 0 Å². The molecule has 4 nitrogen and oxygen atoms in total. The Bertz CT molecular complexity index is 526. The van der Waals surface area contributed by atoms with Crippen molar-refractivity contribution >= 4 is 5.91 Å². The normalized spacial score (nSPS) is 26.5. The molecule has 2 aliphatic rings. The maximum absolute atomic E-state index is 12.4. The van der Waals surface area contributed by atoms with Crippen LogP contribution in [0.2, 0.25) is 0 Å². The second-order valence-corrected chi connectivity index (χ2v) is 6.80. The van der Waals surface area contributed by atoms with Gasteiger partial charge in [0.15, 0.2) is 0 Å². The van der Waals surface area contributed by atoms with E-state index in [1.807, 2.05) is 24.3 Å². The molecule has 3 atom stereocenters. The molecule has 0 bridgehead atoms. The Hall–Kier alpha value is -1.39. The van der Waals surface area contributed by atoms with Crippen LogP contribution in [0, 0.1) is 5.92 Å². The Morgan fingerprint density at radius 1 is 1.27 bits per heavy atom. The van der Waals surface area contributed by atoms with Gasteiger partial charge >= 0.3 is 0 Å². The van der Waals surface area contributed by atoms with E-state index in [0.717, 1.165) is 17.5 Å². The minimum atomic E-state index is -0.553. The lowest BCUT2D eigenvalue weighted by atomic mass is 9.85. The zero-order valence-electron chi connectivity index (χ0n) is 13.0. The summed E-state index contributed by atoms with van der Waals surface area (Å²) in [5.74, 6) is 0.446. The summed E-state index contributed by atoms with van der Waals surface area (Å²) in [6, 6.07) is 7.10. The van der Waals surface area contributed by atoms with Crippen molar-refractivity contribution in [3.8, 4) is 0 Å². The maximum Gasteiger partial charge on any atom is 0.237 e. The van der Waals surface area contributed by atoms with E-state index in [4.69, 9.17) is 5.73 Å². The molecule has 1 amide bonds. The van der Waals surface area contributed by atoms with Crippen molar-refractivity contribution < 1.29 is 9.90 Å². The highest BCUT2D eigenvalue weighted by Crippen LogP contribution is 2.32. The Morgan fingerprint density at radius 2 is 2.00 bits per heavy atom. The lowest BCUT2D eigenvalue weighted by Gasteiger charge is -2.25. The van der Waals surface area contributed by atoms with Crippen molar-refractivity contribution in [1.29, 1.82) is 0 Å². The molecular formula is C18H26N2O2. The molecule has 4 N–H and O–H groups in total. The van der Waals surface area contributed by atoms with Crippen molar-refractivity contribution in [1.82, 2.24) is 5.32 Å². The van der Waals surface area contributed by atoms with Crippen LogP contribution >= 0.6 is 0 Å². The monoisotopic (exact) mass is 302 g/mol. The second-order valence-electron chi connectivity index (χ2n) is 6.80. The van der Waals surface area contributed by atoms with Gasteiger partial charge in [-0.15, -0.1) is 0 Å². The van der Waals surface area contributed by atoms with Crippen molar-refractivity contribution in [2.45, 2.75) is 63.1 Å². The molecule has 1 saturated carbocycles. The van der Waals surface area contributed by atoms with E-state index in [0.29, 0.717) is 12.3 Å². The maximum atomic E-state index is 12.4. The third-order valence-corrected chi connectivity index (χ3v) is 5.15. The highest BCUT2D eigenvalue weighted by atomic mass is 16.3. The van der Waals surface area contributed by atoms with E-state index < -0.39 is 12.1 Å². The fourth-order valence-electron chi connectivity index (χ4n) is 3.90. The molecule has 0 heterocycles. The molecule has 120 valence electrons. The van der Waals surface area contributed by atoms with E-state index >= 15 is 0 Å². The number of rotatable bonds is 4. The number of hydrogen-bond donors (Lipinski definition) is 3. The summed E-state index contributed by atoms with van der Waals surface area (Å²) in [7, 11) is 0. The minimum Gasteiger partial charge on any atom is -0.390 e. The number of carbonyl (C=O) groups is 1. The first-order valence-corrected chi connectivity index (χ1v) is 8.47. The summed E-state index contributed by atoms with van der Waals surface area (Å²) in [5.41, 5.74) is 8.23. The molecule has 1 unspecified atom stereocenters. The predicted molar refractivity (Wildman–Crippen MR) is 86.2 cm³/mol. The minimum absolute atomic E-state index is 0.133. The first-order chi connectivity index (χ1) is 10.6. The van der Waals surface area contributed by atoms with E-state index in [1.165, 1.54) is 32.1 Å². The van der Waals surface area contributed by atoms with Crippen LogP contribution in [-0.2, 0) is 11.2 Å². The van der Waals surface area contributed by atoms with Gasteiger partial charge in [-0.1, -0.05) is 56.4 Å². The highest BCUT2D eigenvalue weighted by molar-refractivity contribution is 5.82. The molecule has 0 saturated heterocycles. The number of hydrogen-bond acceptors (Lipinski definition) is 3. The summed E-state index contributed by atoms with van der Waals surface area (Å²) < 4.78 is 0. The molecule has 1 aromatic carbocycles. The van der Waals surface area contributed by atoms with Gasteiger partial charge in [-0.25, -0.2) is 0 Å². The van der Waals surface area contributed by atoms with Crippen molar-refractivity contribution in [2.75, 3.05) is 0 Å². The highest BCUT2D eigenvalue weighted by Gasteiger charge is 2.33. The summed E-state index contributed by atoms with van der Waals surface area (Å²) in [6.45, 7) is 0. The van der Waals surface area contributed by atoms with E-state index in [1.54, 1.807) is 0 Å². The zero-order valence-corrected chi connectivity index (χ0v) is 13.0. The largest absolute Gasteiger partial charge is 0.390 e. The zero-order chi connectivity index (χ0) is 15.5. The lowest BCUT2D eigenvalue weighted by Crippen LogP contribution is -2.45. The number of benzene rings is 1. The smallest absolute Gasteiger partial charge is 0.237 e. The van der Waals surface area contributed by atoms with Crippen LogP contribution in [0.1, 0.15) is 55.7 Å². The first-order valence-electron chi connectivity index (χ1n) is 8.47. The van der Waals surface area contributed by atoms with E-state index in [-0.39, 0.29) is 11.9 Å². The third-order valence-electron chi connectivity index (χ3n) is 5.15. The molecule has 4 heteroatoms. The second kappa shape index (κ2) is 6.80. The van der Waals surface area contributed by atoms with Gasteiger partial charge in [-0.3, -0.25) is 4.79 Å². The van der Waals surface area contributed by atoms with Crippen molar-refractivity contribution in [2.24, 2.45) is 11.7 Å². The average Bonchev–Trinajstić information content (AvgIpc) is 2.84. The molecule has 1 fully saturated rings.